The molecule has 22 heavy (non-hydrogen) atoms. The van der Waals surface area contributed by atoms with Crippen LogP contribution in [0, 0.1) is 5.82 Å². The monoisotopic (exact) mass is 322 g/mol. The van der Waals surface area contributed by atoms with E-state index in [2.05, 4.69) is 9.47 Å². The lowest BCUT2D eigenvalue weighted by Crippen LogP contribution is -2.17. The van der Waals surface area contributed by atoms with E-state index >= 15 is 0 Å². The lowest BCUT2D eigenvalue weighted by atomic mass is 10.1. The Labute approximate surface area is 120 Å². The standard InChI is InChI=1S/C14H8F6O2/c15-10-4-9(6-12(7-10)21-13(16)17)8-2-1-3-11(5-8)22-14(18,19)20/h1-7,13H. The summed E-state index contributed by atoms with van der Waals surface area (Å²) in [6.07, 6.45) is -4.87. The van der Waals surface area contributed by atoms with Crippen LogP contribution in [0.3, 0.4) is 0 Å². The van der Waals surface area contributed by atoms with Crippen molar-refractivity contribution < 1.29 is 35.8 Å². The number of hydrogen-bond acceptors (Lipinski definition) is 2. The summed E-state index contributed by atoms with van der Waals surface area (Å²) in [7, 11) is 0. The van der Waals surface area contributed by atoms with Gasteiger partial charge in [-0.05, 0) is 35.4 Å². The fourth-order valence-corrected chi connectivity index (χ4v) is 1.77. The second-order valence-corrected chi connectivity index (χ2v) is 4.13. The first-order chi connectivity index (χ1) is 10.2. The molecule has 0 spiro atoms. The van der Waals surface area contributed by atoms with Crippen molar-refractivity contribution in [3.63, 3.8) is 0 Å². The zero-order valence-electron chi connectivity index (χ0n) is 10.7. The molecule has 8 heteroatoms. The Morgan fingerprint density at radius 3 is 2.18 bits per heavy atom. The van der Waals surface area contributed by atoms with Crippen molar-refractivity contribution in [1.82, 2.24) is 0 Å². The van der Waals surface area contributed by atoms with Gasteiger partial charge in [0.2, 0.25) is 0 Å². The van der Waals surface area contributed by atoms with Crippen molar-refractivity contribution >= 4 is 0 Å². The first-order valence-corrected chi connectivity index (χ1v) is 5.84. The highest BCUT2D eigenvalue weighted by Gasteiger charge is 2.31. The van der Waals surface area contributed by atoms with Gasteiger partial charge in [0, 0.05) is 6.07 Å². The minimum Gasteiger partial charge on any atom is -0.435 e. The van der Waals surface area contributed by atoms with Crippen molar-refractivity contribution in [2.75, 3.05) is 0 Å². The van der Waals surface area contributed by atoms with Gasteiger partial charge in [0.05, 0.1) is 0 Å². The average molecular weight is 322 g/mol. The molecular weight excluding hydrogens is 314 g/mol. The van der Waals surface area contributed by atoms with Crippen LogP contribution >= 0.6 is 0 Å². The maximum atomic E-state index is 13.4. The van der Waals surface area contributed by atoms with Crippen LogP contribution in [0.2, 0.25) is 0 Å². The summed E-state index contributed by atoms with van der Waals surface area (Å²) in [6.45, 7) is -3.14. The topological polar surface area (TPSA) is 18.5 Å². The molecule has 2 aromatic carbocycles. The Morgan fingerprint density at radius 1 is 0.864 bits per heavy atom. The van der Waals surface area contributed by atoms with Gasteiger partial charge in [-0.3, -0.25) is 0 Å². The van der Waals surface area contributed by atoms with Gasteiger partial charge in [0.1, 0.15) is 17.3 Å². The van der Waals surface area contributed by atoms with Crippen molar-refractivity contribution in [2.45, 2.75) is 13.0 Å². The fraction of sp³-hybridized carbons (Fsp3) is 0.143. The van der Waals surface area contributed by atoms with Gasteiger partial charge < -0.3 is 9.47 Å². The van der Waals surface area contributed by atoms with Crippen LogP contribution in [0.5, 0.6) is 11.5 Å². The molecule has 0 radical (unpaired) electrons. The molecule has 0 bridgehead atoms. The van der Waals surface area contributed by atoms with Gasteiger partial charge in [-0.2, -0.15) is 8.78 Å². The number of ether oxygens (including phenoxy) is 2. The van der Waals surface area contributed by atoms with E-state index in [0.29, 0.717) is 0 Å². The number of alkyl halides is 5. The molecule has 2 aromatic rings. The van der Waals surface area contributed by atoms with Crippen molar-refractivity contribution in [1.29, 1.82) is 0 Å². The van der Waals surface area contributed by atoms with E-state index in [9.17, 15) is 26.3 Å². The first kappa shape index (κ1) is 16.0. The Bertz CT molecular complexity index is 654. The fourth-order valence-electron chi connectivity index (χ4n) is 1.77. The van der Waals surface area contributed by atoms with Crippen LogP contribution in [0.1, 0.15) is 0 Å². The smallest absolute Gasteiger partial charge is 0.435 e. The summed E-state index contributed by atoms with van der Waals surface area (Å²) in [5.41, 5.74) is 0.226. The maximum Gasteiger partial charge on any atom is 0.573 e. The third-order valence-corrected chi connectivity index (χ3v) is 2.50. The number of benzene rings is 2. The van der Waals surface area contributed by atoms with Crippen LogP contribution in [-0.4, -0.2) is 13.0 Å². The van der Waals surface area contributed by atoms with Gasteiger partial charge in [-0.1, -0.05) is 12.1 Å². The van der Waals surface area contributed by atoms with E-state index in [0.717, 1.165) is 30.3 Å². The van der Waals surface area contributed by atoms with E-state index in [-0.39, 0.29) is 11.1 Å². The molecule has 2 rings (SSSR count). The molecular formula is C14H8F6O2. The second-order valence-electron chi connectivity index (χ2n) is 4.13. The lowest BCUT2D eigenvalue weighted by molar-refractivity contribution is -0.274. The van der Waals surface area contributed by atoms with Crippen LogP contribution in [0.25, 0.3) is 11.1 Å². The second kappa shape index (κ2) is 6.17. The van der Waals surface area contributed by atoms with Gasteiger partial charge in [-0.25, -0.2) is 4.39 Å². The molecule has 0 fully saturated rings. The quantitative estimate of drug-likeness (QED) is 0.738. The van der Waals surface area contributed by atoms with Gasteiger partial charge in [0.15, 0.2) is 0 Å². The van der Waals surface area contributed by atoms with Crippen LogP contribution < -0.4 is 9.47 Å². The Balaban J connectivity index is 2.35. The van der Waals surface area contributed by atoms with Crippen molar-refractivity contribution in [3.8, 4) is 22.6 Å². The predicted molar refractivity (Wildman–Crippen MR) is 65.2 cm³/mol. The predicted octanol–water partition coefficient (Wildman–Crippen LogP) is 4.99. The summed E-state index contributed by atoms with van der Waals surface area (Å²) in [4.78, 5) is 0. The SMILES string of the molecule is Fc1cc(OC(F)F)cc(-c2cccc(OC(F)(F)F)c2)c1. The molecule has 118 valence electrons. The zero-order chi connectivity index (χ0) is 16.3. The van der Waals surface area contributed by atoms with Gasteiger partial charge in [-0.15, -0.1) is 13.2 Å². The summed E-state index contributed by atoms with van der Waals surface area (Å²) in [5, 5.41) is 0. The van der Waals surface area contributed by atoms with Crippen LogP contribution in [-0.2, 0) is 0 Å². The molecule has 0 aliphatic carbocycles. The summed E-state index contributed by atoms with van der Waals surface area (Å²) in [5.74, 6) is -1.81. The van der Waals surface area contributed by atoms with E-state index < -0.39 is 30.3 Å². The Hall–Kier alpha value is -2.38. The van der Waals surface area contributed by atoms with Gasteiger partial charge >= 0.3 is 13.0 Å². The normalized spacial score (nSPS) is 11.6. The minimum absolute atomic E-state index is 0.0725. The zero-order valence-corrected chi connectivity index (χ0v) is 10.7. The minimum atomic E-state index is -4.87. The molecule has 0 aliphatic rings. The molecule has 0 atom stereocenters. The van der Waals surface area contributed by atoms with Crippen LogP contribution in [0.15, 0.2) is 42.5 Å². The number of halogens is 6. The van der Waals surface area contributed by atoms with E-state index in [1.807, 2.05) is 0 Å². The average Bonchev–Trinajstić information content (AvgIpc) is 2.35. The molecule has 0 saturated heterocycles. The molecule has 0 unspecified atom stereocenters. The number of rotatable bonds is 4. The van der Waals surface area contributed by atoms with E-state index in [1.54, 1.807) is 0 Å². The number of hydrogen-bond donors (Lipinski definition) is 0. The lowest BCUT2D eigenvalue weighted by Gasteiger charge is -2.11. The first-order valence-electron chi connectivity index (χ1n) is 5.84. The molecule has 0 aromatic heterocycles. The molecule has 0 N–H and O–H groups in total. The van der Waals surface area contributed by atoms with Crippen molar-refractivity contribution in [2.24, 2.45) is 0 Å². The molecule has 0 amide bonds. The van der Waals surface area contributed by atoms with Gasteiger partial charge in [0.25, 0.3) is 0 Å². The van der Waals surface area contributed by atoms with E-state index in [1.165, 1.54) is 12.1 Å². The largest absolute Gasteiger partial charge is 0.573 e. The van der Waals surface area contributed by atoms with Crippen molar-refractivity contribution in [3.05, 3.63) is 48.3 Å². The molecule has 0 saturated carbocycles. The summed E-state index contributed by atoms with van der Waals surface area (Å²) < 4.78 is 82.0. The molecule has 0 aliphatic heterocycles. The third kappa shape index (κ3) is 4.57. The highest BCUT2D eigenvalue weighted by Crippen LogP contribution is 2.30. The molecule has 2 nitrogen and oxygen atoms in total. The third-order valence-electron chi connectivity index (χ3n) is 2.50. The van der Waals surface area contributed by atoms with Crippen LogP contribution in [0.4, 0.5) is 26.3 Å². The summed E-state index contributed by atoms with van der Waals surface area (Å²) >= 11 is 0. The maximum absolute atomic E-state index is 13.4. The van der Waals surface area contributed by atoms with E-state index in [4.69, 9.17) is 0 Å². The Kier molecular flexibility index (Phi) is 4.48. The highest BCUT2D eigenvalue weighted by atomic mass is 19.4. The summed E-state index contributed by atoms with van der Waals surface area (Å²) in [6, 6.07) is 7.51. The molecule has 0 heterocycles. The Morgan fingerprint density at radius 2 is 1.55 bits per heavy atom. The highest BCUT2D eigenvalue weighted by molar-refractivity contribution is 5.66.